The van der Waals surface area contributed by atoms with Crippen molar-refractivity contribution in [3.8, 4) is 11.3 Å². The molecule has 170 valence electrons. The van der Waals surface area contributed by atoms with E-state index in [-0.39, 0.29) is 17.8 Å². The number of hydrogen-bond acceptors (Lipinski definition) is 5. The number of benzene rings is 2. The highest BCUT2D eigenvalue weighted by Crippen LogP contribution is 2.31. The van der Waals surface area contributed by atoms with Crippen LogP contribution in [0.5, 0.6) is 0 Å². The summed E-state index contributed by atoms with van der Waals surface area (Å²) in [5, 5.41) is 0. The minimum atomic E-state index is -0.369. The monoisotopic (exact) mass is 453 g/mol. The summed E-state index contributed by atoms with van der Waals surface area (Å²) in [4.78, 5) is 30.7. The van der Waals surface area contributed by atoms with Gasteiger partial charge in [-0.1, -0.05) is 36.4 Å². The first-order valence-corrected chi connectivity index (χ1v) is 11.3. The molecule has 5 rings (SSSR count). The summed E-state index contributed by atoms with van der Waals surface area (Å²) in [5.74, 6) is 0.288. The van der Waals surface area contributed by atoms with E-state index in [1.165, 1.54) is 12.1 Å². The first-order chi connectivity index (χ1) is 16.7. The molecular weight excluding hydrogens is 429 g/mol. The molecule has 0 spiro atoms. The number of carbonyl (C=O) groups excluding carboxylic acids is 1. The number of nitrogens with zero attached hydrogens (tertiary/aromatic N) is 5. The maximum absolute atomic E-state index is 14.1. The molecular formula is C27H24FN5O. The highest BCUT2D eigenvalue weighted by molar-refractivity contribution is 6.06. The van der Waals surface area contributed by atoms with Crippen LogP contribution in [0.25, 0.3) is 11.3 Å². The van der Waals surface area contributed by atoms with Gasteiger partial charge in [0.05, 0.1) is 5.56 Å². The lowest BCUT2D eigenvalue weighted by atomic mass is 10.00. The molecule has 4 aromatic rings. The minimum absolute atomic E-state index is 0.0809. The van der Waals surface area contributed by atoms with Gasteiger partial charge in [-0.2, -0.15) is 0 Å². The normalized spacial score (nSPS) is 14.1. The van der Waals surface area contributed by atoms with E-state index in [1.807, 2.05) is 30.3 Å². The highest BCUT2D eigenvalue weighted by Gasteiger charge is 2.31. The van der Waals surface area contributed by atoms with Crippen molar-refractivity contribution in [2.45, 2.75) is 18.9 Å². The number of pyridine rings is 1. The minimum Gasteiger partial charge on any atom is -0.355 e. The number of piperidine rings is 1. The van der Waals surface area contributed by atoms with Crippen molar-refractivity contribution in [3.63, 3.8) is 0 Å². The summed E-state index contributed by atoms with van der Waals surface area (Å²) >= 11 is 0. The lowest BCUT2D eigenvalue weighted by molar-refractivity contribution is 0.0972. The quantitative estimate of drug-likeness (QED) is 0.426. The predicted octanol–water partition coefficient (Wildman–Crippen LogP) is 4.99. The lowest BCUT2D eigenvalue weighted by Crippen LogP contribution is -2.48. The Labute approximate surface area is 197 Å². The molecule has 3 heterocycles. The molecule has 34 heavy (non-hydrogen) atoms. The van der Waals surface area contributed by atoms with Gasteiger partial charge in [0.2, 0.25) is 0 Å². The molecule has 2 aromatic carbocycles. The molecule has 0 unspecified atom stereocenters. The molecule has 1 fully saturated rings. The Kier molecular flexibility index (Phi) is 6.25. The Morgan fingerprint density at radius 2 is 1.71 bits per heavy atom. The van der Waals surface area contributed by atoms with Gasteiger partial charge in [0.15, 0.2) is 5.82 Å². The van der Waals surface area contributed by atoms with E-state index in [9.17, 15) is 9.18 Å². The summed E-state index contributed by atoms with van der Waals surface area (Å²) in [6.07, 6.45) is 8.03. The van der Waals surface area contributed by atoms with Crippen LogP contribution in [0.1, 0.15) is 23.2 Å². The second-order valence-electron chi connectivity index (χ2n) is 8.21. The van der Waals surface area contributed by atoms with Gasteiger partial charge in [0.1, 0.15) is 11.5 Å². The summed E-state index contributed by atoms with van der Waals surface area (Å²) in [5.41, 5.74) is 2.89. The fourth-order valence-corrected chi connectivity index (χ4v) is 4.45. The zero-order chi connectivity index (χ0) is 23.3. The first-order valence-electron chi connectivity index (χ1n) is 11.3. The van der Waals surface area contributed by atoms with Crippen LogP contribution < -0.4 is 9.80 Å². The van der Waals surface area contributed by atoms with Gasteiger partial charge in [-0.25, -0.2) is 9.37 Å². The fourth-order valence-electron chi connectivity index (χ4n) is 4.45. The molecule has 7 heteroatoms. The molecule has 1 amide bonds. The van der Waals surface area contributed by atoms with Crippen molar-refractivity contribution in [3.05, 3.63) is 103 Å². The molecule has 0 aliphatic carbocycles. The van der Waals surface area contributed by atoms with Crippen molar-refractivity contribution in [2.24, 2.45) is 0 Å². The van der Waals surface area contributed by atoms with Crippen LogP contribution in [-0.4, -0.2) is 40.0 Å². The molecule has 0 saturated carbocycles. The third-order valence-electron chi connectivity index (χ3n) is 6.07. The highest BCUT2D eigenvalue weighted by atomic mass is 19.1. The fraction of sp³-hybridized carbons (Fsp3) is 0.185. The van der Waals surface area contributed by atoms with E-state index in [2.05, 4.69) is 19.9 Å². The van der Waals surface area contributed by atoms with Crippen LogP contribution in [0.4, 0.5) is 15.9 Å². The molecule has 0 atom stereocenters. The van der Waals surface area contributed by atoms with E-state index in [0.717, 1.165) is 17.1 Å². The largest absolute Gasteiger partial charge is 0.355 e. The number of halogens is 1. The Balaban J connectivity index is 1.40. The Hall–Kier alpha value is -4.13. The number of aromatic nitrogens is 3. The zero-order valence-electron chi connectivity index (χ0n) is 18.6. The van der Waals surface area contributed by atoms with Crippen molar-refractivity contribution in [1.82, 2.24) is 15.0 Å². The van der Waals surface area contributed by atoms with E-state index < -0.39 is 0 Å². The zero-order valence-corrected chi connectivity index (χ0v) is 18.6. The predicted molar refractivity (Wildman–Crippen MR) is 130 cm³/mol. The van der Waals surface area contributed by atoms with Crippen LogP contribution >= 0.6 is 0 Å². The Bertz CT molecular complexity index is 1260. The van der Waals surface area contributed by atoms with Gasteiger partial charge in [-0.15, -0.1) is 0 Å². The molecule has 1 aliphatic heterocycles. The van der Waals surface area contributed by atoms with Gasteiger partial charge in [-0.05, 0) is 43.2 Å². The second kappa shape index (κ2) is 9.79. The Morgan fingerprint density at radius 3 is 2.44 bits per heavy atom. The average Bonchev–Trinajstić information content (AvgIpc) is 2.90. The Morgan fingerprint density at radius 1 is 0.912 bits per heavy atom. The lowest BCUT2D eigenvalue weighted by Gasteiger charge is -2.39. The van der Waals surface area contributed by atoms with Gasteiger partial charge in [0, 0.05) is 55.2 Å². The molecule has 6 nitrogen and oxygen atoms in total. The van der Waals surface area contributed by atoms with Crippen molar-refractivity contribution in [1.29, 1.82) is 0 Å². The standard InChI is InChI=1S/C27H24FN5O/c28-22-9-4-10-24(18-22)33(27(34)21-8-5-13-29-19-21)23-11-16-32(17-12-23)26-25(30-14-15-31-26)20-6-2-1-3-7-20/h1-10,13-15,18-19,23H,11-12,16-17H2. The summed E-state index contributed by atoms with van der Waals surface area (Å²) in [6.45, 7) is 1.41. The average molecular weight is 454 g/mol. The molecule has 0 bridgehead atoms. The van der Waals surface area contributed by atoms with Crippen LogP contribution in [0.15, 0.2) is 91.5 Å². The van der Waals surface area contributed by atoms with Gasteiger partial charge in [-0.3, -0.25) is 14.8 Å². The van der Waals surface area contributed by atoms with Crippen molar-refractivity contribution in [2.75, 3.05) is 22.9 Å². The van der Waals surface area contributed by atoms with E-state index in [1.54, 1.807) is 54.0 Å². The second-order valence-corrected chi connectivity index (χ2v) is 8.21. The van der Waals surface area contributed by atoms with Gasteiger partial charge < -0.3 is 9.80 Å². The molecule has 0 N–H and O–H groups in total. The number of hydrogen-bond donors (Lipinski definition) is 0. The van der Waals surface area contributed by atoms with Crippen LogP contribution in [-0.2, 0) is 0 Å². The van der Waals surface area contributed by atoms with Crippen molar-refractivity contribution < 1.29 is 9.18 Å². The summed E-state index contributed by atoms with van der Waals surface area (Å²) in [6, 6.07) is 19.6. The summed E-state index contributed by atoms with van der Waals surface area (Å²) < 4.78 is 14.1. The topological polar surface area (TPSA) is 62.2 Å². The van der Waals surface area contributed by atoms with Gasteiger partial charge >= 0.3 is 0 Å². The maximum Gasteiger partial charge on any atom is 0.260 e. The smallest absolute Gasteiger partial charge is 0.260 e. The molecule has 0 radical (unpaired) electrons. The molecule has 2 aromatic heterocycles. The van der Waals surface area contributed by atoms with E-state index >= 15 is 0 Å². The number of carbonyl (C=O) groups is 1. The van der Waals surface area contributed by atoms with Crippen LogP contribution in [0.3, 0.4) is 0 Å². The van der Waals surface area contributed by atoms with Crippen LogP contribution in [0, 0.1) is 5.82 Å². The maximum atomic E-state index is 14.1. The third-order valence-corrected chi connectivity index (χ3v) is 6.07. The van der Waals surface area contributed by atoms with Gasteiger partial charge in [0.25, 0.3) is 5.91 Å². The number of amides is 1. The van der Waals surface area contributed by atoms with E-state index in [4.69, 9.17) is 0 Å². The first kappa shape index (κ1) is 21.7. The summed E-state index contributed by atoms with van der Waals surface area (Å²) in [7, 11) is 0. The molecule has 1 saturated heterocycles. The van der Waals surface area contributed by atoms with E-state index in [0.29, 0.717) is 37.2 Å². The third kappa shape index (κ3) is 4.50. The number of anilines is 2. The SMILES string of the molecule is O=C(c1cccnc1)N(c1cccc(F)c1)C1CCN(c2nccnc2-c2ccccc2)CC1. The van der Waals surface area contributed by atoms with Crippen molar-refractivity contribution >= 4 is 17.4 Å². The molecule has 1 aliphatic rings. The number of rotatable bonds is 5. The van der Waals surface area contributed by atoms with Crippen LogP contribution in [0.2, 0.25) is 0 Å².